The van der Waals surface area contributed by atoms with Gasteiger partial charge in [0.15, 0.2) is 11.6 Å². The molecule has 0 radical (unpaired) electrons. The summed E-state index contributed by atoms with van der Waals surface area (Å²) in [5, 5.41) is 6.69. The van der Waals surface area contributed by atoms with Crippen LogP contribution in [0.15, 0.2) is 48.5 Å². The second kappa shape index (κ2) is 11.5. The van der Waals surface area contributed by atoms with Gasteiger partial charge in [-0.05, 0) is 48.0 Å². The van der Waals surface area contributed by atoms with E-state index in [9.17, 15) is 31.9 Å². The molecule has 3 aromatic rings. The lowest BCUT2D eigenvalue weighted by Crippen LogP contribution is -2.31. The molecule has 3 amide bonds. The summed E-state index contributed by atoms with van der Waals surface area (Å²) in [5.41, 5.74) is -1.13. The lowest BCUT2D eigenvalue weighted by atomic mass is 10.1. The smallest absolute Gasteiger partial charge is 0.322 e. The summed E-state index contributed by atoms with van der Waals surface area (Å²) in [6.45, 7) is 0.310. The molecule has 0 bridgehead atoms. The standard InChI is InChI=1S/C26H16Cl5F4N3O3/c1-25(34,35)24(41)37-12-8-17(32)21(18(33)9-12)38-22(39)13-7-11(3-5-14(13)27)36-23(40)20-19(26(20,30)31)10-2-4-15(28)16(29)6-10/h2-9,19-20H,1H3,(H,36,40)(H,37,41)(H,38,39)/t19-,20+/m0/s1. The third-order valence-electron chi connectivity index (χ3n) is 6.05. The summed E-state index contributed by atoms with van der Waals surface area (Å²) in [7, 11) is 0. The maximum Gasteiger partial charge on any atom is 0.322 e. The van der Waals surface area contributed by atoms with E-state index in [0.717, 1.165) is 6.07 Å². The highest BCUT2D eigenvalue weighted by Gasteiger charge is 2.67. The number of rotatable bonds is 7. The molecule has 2 atom stereocenters. The molecule has 1 aliphatic carbocycles. The van der Waals surface area contributed by atoms with Crippen LogP contribution in [0, 0.1) is 17.6 Å². The molecular formula is C26H16Cl5F4N3O3. The molecule has 1 fully saturated rings. The Hall–Kier alpha value is -2.76. The number of carbonyl (C=O) groups excluding carboxylic acids is 3. The van der Waals surface area contributed by atoms with E-state index in [4.69, 9.17) is 58.0 Å². The summed E-state index contributed by atoms with van der Waals surface area (Å²) < 4.78 is 53.8. The van der Waals surface area contributed by atoms with Crippen molar-refractivity contribution in [2.24, 2.45) is 5.92 Å². The van der Waals surface area contributed by atoms with Crippen LogP contribution in [0.2, 0.25) is 15.1 Å². The van der Waals surface area contributed by atoms with Crippen molar-refractivity contribution in [2.45, 2.75) is 23.1 Å². The lowest BCUT2D eigenvalue weighted by molar-refractivity contribution is -0.137. The predicted molar refractivity (Wildman–Crippen MR) is 151 cm³/mol. The average Bonchev–Trinajstić information content (AvgIpc) is 3.45. The van der Waals surface area contributed by atoms with E-state index in [0.29, 0.717) is 29.6 Å². The van der Waals surface area contributed by atoms with E-state index < -0.39 is 62.8 Å². The number of nitrogens with one attached hydrogen (secondary N) is 3. The highest BCUT2D eigenvalue weighted by atomic mass is 35.5. The molecule has 0 unspecified atom stereocenters. The summed E-state index contributed by atoms with van der Waals surface area (Å²) >= 11 is 30.8. The van der Waals surface area contributed by atoms with Crippen molar-refractivity contribution in [1.82, 2.24) is 0 Å². The van der Waals surface area contributed by atoms with Gasteiger partial charge in [-0.3, -0.25) is 14.4 Å². The monoisotopic (exact) mass is 669 g/mol. The molecule has 0 heterocycles. The number of hydrogen-bond donors (Lipinski definition) is 3. The Morgan fingerprint density at radius 2 is 1.41 bits per heavy atom. The Balaban J connectivity index is 1.49. The van der Waals surface area contributed by atoms with Gasteiger partial charge in [0.25, 0.3) is 11.8 Å². The number of alkyl halides is 4. The second-order valence-electron chi connectivity index (χ2n) is 9.10. The zero-order chi connectivity index (χ0) is 30.4. The number of hydrogen-bond acceptors (Lipinski definition) is 3. The minimum absolute atomic E-state index is 0.0907. The minimum Gasteiger partial charge on any atom is -0.326 e. The zero-order valence-electron chi connectivity index (χ0n) is 20.4. The third kappa shape index (κ3) is 6.67. The first-order valence-corrected chi connectivity index (χ1v) is 13.3. The van der Waals surface area contributed by atoms with E-state index in [1.54, 1.807) is 23.5 Å². The molecule has 4 rings (SSSR count). The molecule has 6 nitrogen and oxygen atoms in total. The molecule has 216 valence electrons. The van der Waals surface area contributed by atoms with E-state index in [1.165, 1.54) is 12.1 Å². The van der Waals surface area contributed by atoms with Gasteiger partial charge in [-0.15, -0.1) is 23.2 Å². The van der Waals surface area contributed by atoms with Crippen molar-refractivity contribution < 1.29 is 31.9 Å². The fourth-order valence-corrected chi connectivity index (χ4v) is 5.30. The molecule has 0 saturated heterocycles. The molecule has 41 heavy (non-hydrogen) atoms. The van der Waals surface area contributed by atoms with Crippen LogP contribution < -0.4 is 16.0 Å². The van der Waals surface area contributed by atoms with Crippen LogP contribution >= 0.6 is 58.0 Å². The summed E-state index contributed by atoms with van der Waals surface area (Å²) in [6.07, 6.45) is 0. The van der Waals surface area contributed by atoms with Crippen molar-refractivity contribution in [2.75, 3.05) is 16.0 Å². The topological polar surface area (TPSA) is 87.3 Å². The molecule has 1 saturated carbocycles. The van der Waals surface area contributed by atoms with Gasteiger partial charge in [-0.25, -0.2) is 8.78 Å². The van der Waals surface area contributed by atoms with Crippen molar-refractivity contribution in [3.05, 3.63) is 86.4 Å². The SMILES string of the molecule is CC(F)(F)C(=O)Nc1cc(F)c(NC(=O)c2cc(NC(=O)[C@H]3[C@H](c4ccc(Cl)c(Cl)c4)C3(Cl)Cl)ccc2Cl)c(F)c1. The van der Waals surface area contributed by atoms with Gasteiger partial charge >= 0.3 is 5.92 Å². The Morgan fingerprint density at radius 3 is 2.00 bits per heavy atom. The number of amides is 3. The van der Waals surface area contributed by atoms with Gasteiger partial charge in [-0.1, -0.05) is 40.9 Å². The van der Waals surface area contributed by atoms with Crippen molar-refractivity contribution >= 4 is 92.8 Å². The van der Waals surface area contributed by atoms with Gasteiger partial charge in [0.05, 0.1) is 26.5 Å². The number of benzene rings is 3. The zero-order valence-corrected chi connectivity index (χ0v) is 24.2. The van der Waals surface area contributed by atoms with Crippen LogP contribution in [0.3, 0.4) is 0 Å². The molecular weight excluding hydrogens is 656 g/mol. The van der Waals surface area contributed by atoms with Crippen LogP contribution in [-0.4, -0.2) is 28.0 Å². The first kappa shape index (κ1) is 31.2. The number of anilines is 3. The Bertz CT molecular complexity index is 1560. The minimum atomic E-state index is -3.80. The second-order valence-corrected chi connectivity index (χ2v) is 11.8. The Morgan fingerprint density at radius 1 is 0.805 bits per heavy atom. The maximum atomic E-state index is 14.6. The van der Waals surface area contributed by atoms with Gasteiger partial charge in [0.2, 0.25) is 5.91 Å². The lowest BCUT2D eigenvalue weighted by Gasteiger charge is -2.14. The van der Waals surface area contributed by atoms with E-state index >= 15 is 0 Å². The van der Waals surface area contributed by atoms with Crippen LogP contribution in [0.4, 0.5) is 34.6 Å². The highest BCUT2D eigenvalue weighted by molar-refractivity contribution is 6.53. The van der Waals surface area contributed by atoms with Gasteiger partial charge < -0.3 is 16.0 Å². The van der Waals surface area contributed by atoms with Crippen LogP contribution in [0.1, 0.15) is 28.8 Å². The average molecular weight is 672 g/mol. The predicted octanol–water partition coefficient (Wildman–Crippen LogP) is 8.30. The van der Waals surface area contributed by atoms with Gasteiger partial charge in [0.1, 0.15) is 10.0 Å². The van der Waals surface area contributed by atoms with Crippen LogP contribution in [0.5, 0.6) is 0 Å². The Kier molecular flexibility index (Phi) is 8.74. The van der Waals surface area contributed by atoms with E-state index in [-0.39, 0.29) is 21.3 Å². The first-order chi connectivity index (χ1) is 19.0. The molecule has 15 heteroatoms. The fraction of sp³-hybridized carbons (Fsp3) is 0.192. The van der Waals surface area contributed by atoms with Gasteiger partial charge in [0, 0.05) is 24.2 Å². The number of carbonyl (C=O) groups is 3. The molecule has 0 spiro atoms. The maximum absolute atomic E-state index is 14.6. The number of halogens is 9. The fourth-order valence-electron chi connectivity index (χ4n) is 3.96. The summed E-state index contributed by atoms with van der Waals surface area (Å²) in [4.78, 5) is 37.2. The van der Waals surface area contributed by atoms with Crippen molar-refractivity contribution in [1.29, 1.82) is 0 Å². The molecule has 3 aromatic carbocycles. The van der Waals surface area contributed by atoms with Crippen molar-refractivity contribution in [3.63, 3.8) is 0 Å². The first-order valence-electron chi connectivity index (χ1n) is 11.4. The summed E-state index contributed by atoms with van der Waals surface area (Å²) in [6, 6.07) is 9.61. The highest BCUT2D eigenvalue weighted by Crippen LogP contribution is 2.65. The molecule has 3 N–H and O–H groups in total. The van der Waals surface area contributed by atoms with Crippen molar-refractivity contribution in [3.8, 4) is 0 Å². The van der Waals surface area contributed by atoms with Crippen LogP contribution in [0.25, 0.3) is 0 Å². The van der Waals surface area contributed by atoms with E-state index in [2.05, 4.69) is 5.32 Å². The largest absolute Gasteiger partial charge is 0.326 e. The molecule has 0 aromatic heterocycles. The normalized spacial score (nSPS) is 17.5. The Labute approximate surface area is 255 Å². The van der Waals surface area contributed by atoms with Crippen LogP contribution in [-0.2, 0) is 9.59 Å². The van der Waals surface area contributed by atoms with E-state index in [1.807, 2.05) is 5.32 Å². The molecule has 1 aliphatic rings. The quantitative estimate of drug-likeness (QED) is 0.175. The third-order valence-corrected chi connectivity index (χ3v) is 8.06. The summed E-state index contributed by atoms with van der Waals surface area (Å²) in [5.74, 6) is -11.5. The molecule has 0 aliphatic heterocycles. The van der Waals surface area contributed by atoms with Gasteiger partial charge in [-0.2, -0.15) is 8.78 Å².